The minimum Gasteiger partial charge on any atom is -0.316 e. The van der Waals surface area contributed by atoms with Crippen LogP contribution in [0, 0.1) is 5.92 Å². The molecule has 1 atom stereocenters. The fourth-order valence-electron chi connectivity index (χ4n) is 2.03. The van der Waals surface area contributed by atoms with Gasteiger partial charge in [0.05, 0.1) is 0 Å². The summed E-state index contributed by atoms with van der Waals surface area (Å²) in [6.45, 7) is 8.12. The van der Waals surface area contributed by atoms with Crippen LogP contribution in [0.3, 0.4) is 0 Å². The summed E-state index contributed by atoms with van der Waals surface area (Å²) in [6.07, 6.45) is 6.87. The first-order chi connectivity index (χ1) is 6.79. The Kier molecular flexibility index (Phi) is 6.20. The van der Waals surface area contributed by atoms with Crippen LogP contribution in [0.2, 0.25) is 0 Å². The van der Waals surface area contributed by atoms with Gasteiger partial charge in [0.15, 0.2) is 0 Å². The SMILES string of the molecule is CC(C)CNCCCC1CCCCN1. The second-order valence-electron chi connectivity index (χ2n) is 4.89. The van der Waals surface area contributed by atoms with Gasteiger partial charge in [0.25, 0.3) is 0 Å². The van der Waals surface area contributed by atoms with Crippen molar-refractivity contribution in [2.24, 2.45) is 5.92 Å². The standard InChI is InChI=1S/C12H26N2/c1-11(2)10-13-8-5-7-12-6-3-4-9-14-12/h11-14H,3-10H2,1-2H3. The number of piperidine rings is 1. The van der Waals surface area contributed by atoms with Crippen LogP contribution < -0.4 is 10.6 Å². The summed E-state index contributed by atoms with van der Waals surface area (Å²) in [6, 6.07) is 0.810. The van der Waals surface area contributed by atoms with Gasteiger partial charge in [-0.25, -0.2) is 0 Å². The third-order valence-corrected chi connectivity index (χ3v) is 2.87. The first kappa shape index (κ1) is 12.0. The summed E-state index contributed by atoms with van der Waals surface area (Å²) in [5.74, 6) is 0.780. The number of hydrogen-bond donors (Lipinski definition) is 2. The van der Waals surface area contributed by atoms with Crippen molar-refractivity contribution < 1.29 is 0 Å². The van der Waals surface area contributed by atoms with Crippen LogP contribution in [-0.2, 0) is 0 Å². The highest BCUT2D eigenvalue weighted by Gasteiger charge is 2.11. The molecule has 2 heteroatoms. The molecule has 84 valence electrons. The third-order valence-electron chi connectivity index (χ3n) is 2.87. The van der Waals surface area contributed by atoms with Crippen molar-refractivity contribution in [3.63, 3.8) is 0 Å². The zero-order chi connectivity index (χ0) is 10.2. The molecule has 1 aliphatic heterocycles. The van der Waals surface area contributed by atoms with E-state index in [-0.39, 0.29) is 0 Å². The average molecular weight is 198 g/mol. The van der Waals surface area contributed by atoms with E-state index in [2.05, 4.69) is 24.5 Å². The minimum atomic E-state index is 0.780. The van der Waals surface area contributed by atoms with E-state index >= 15 is 0 Å². The van der Waals surface area contributed by atoms with E-state index in [4.69, 9.17) is 0 Å². The Morgan fingerprint density at radius 2 is 2.21 bits per heavy atom. The molecular weight excluding hydrogens is 172 g/mol. The molecule has 0 amide bonds. The molecule has 0 spiro atoms. The van der Waals surface area contributed by atoms with Crippen molar-refractivity contribution in [1.29, 1.82) is 0 Å². The summed E-state index contributed by atoms with van der Waals surface area (Å²) in [4.78, 5) is 0. The number of nitrogens with one attached hydrogen (secondary N) is 2. The Morgan fingerprint density at radius 3 is 2.86 bits per heavy atom. The van der Waals surface area contributed by atoms with Crippen molar-refractivity contribution in [3.05, 3.63) is 0 Å². The minimum absolute atomic E-state index is 0.780. The molecule has 1 aliphatic rings. The lowest BCUT2D eigenvalue weighted by Gasteiger charge is -2.23. The quantitative estimate of drug-likeness (QED) is 0.639. The van der Waals surface area contributed by atoms with Crippen LogP contribution in [0.25, 0.3) is 0 Å². The Labute approximate surface area is 88.8 Å². The lowest BCUT2D eigenvalue weighted by Crippen LogP contribution is -2.34. The van der Waals surface area contributed by atoms with Gasteiger partial charge in [0.1, 0.15) is 0 Å². The maximum atomic E-state index is 3.59. The van der Waals surface area contributed by atoms with Gasteiger partial charge in [-0.2, -0.15) is 0 Å². The zero-order valence-electron chi connectivity index (χ0n) is 9.81. The zero-order valence-corrected chi connectivity index (χ0v) is 9.81. The molecule has 1 unspecified atom stereocenters. The van der Waals surface area contributed by atoms with E-state index in [1.165, 1.54) is 45.2 Å². The lowest BCUT2D eigenvalue weighted by atomic mass is 10.0. The molecule has 1 saturated heterocycles. The van der Waals surface area contributed by atoms with Gasteiger partial charge in [-0.05, 0) is 51.2 Å². The highest BCUT2D eigenvalue weighted by molar-refractivity contribution is 4.72. The molecule has 0 aromatic heterocycles. The van der Waals surface area contributed by atoms with E-state index in [0.717, 1.165) is 18.5 Å². The second kappa shape index (κ2) is 7.24. The van der Waals surface area contributed by atoms with Gasteiger partial charge in [-0.3, -0.25) is 0 Å². The Balaban J connectivity index is 1.87. The largest absolute Gasteiger partial charge is 0.316 e. The van der Waals surface area contributed by atoms with Crippen LogP contribution in [0.4, 0.5) is 0 Å². The van der Waals surface area contributed by atoms with Crippen LogP contribution >= 0.6 is 0 Å². The van der Waals surface area contributed by atoms with Crippen molar-refractivity contribution in [3.8, 4) is 0 Å². The van der Waals surface area contributed by atoms with Crippen molar-refractivity contribution in [2.75, 3.05) is 19.6 Å². The summed E-state index contributed by atoms with van der Waals surface area (Å²) in [7, 11) is 0. The van der Waals surface area contributed by atoms with Gasteiger partial charge < -0.3 is 10.6 Å². The summed E-state index contributed by atoms with van der Waals surface area (Å²) in [5, 5.41) is 7.09. The molecule has 1 heterocycles. The predicted octanol–water partition coefficient (Wildman–Crippen LogP) is 2.15. The molecular formula is C12H26N2. The second-order valence-corrected chi connectivity index (χ2v) is 4.89. The van der Waals surface area contributed by atoms with Gasteiger partial charge in [-0.1, -0.05) is 20.3 Å². The van der Waals surface area contributed by atoms with Gasteiger partial charge in [0.2, 0.25) is 0 Å². The van der Waals surface area contributed by atoms with Crippen molar-refractivity contribution in [2.45, 2.75) is 52.0 Å². The topological polar surface area (TPSA) is 24.1 Å². The number of hydrogen-bond acceptors (Lipinski definition) is 2. The fraction of sp³-hybridized carbons (Fsp3) is 1.00. The molecule has 0 saturated carbocycles. The average Bonchev–Trinajstić information content (AvgIpc) is 2.18. The first-order valence-electron chi connectivity index (χ1n) is 6.23. The predicted molar refractivity (Wildman–Crippen MR) is 62.6 cm³/mol. The van der Waals surface area contributed by atoms with Crippen molar-refractivity contribution >= 4 is 0 Å². The van der Waals surface area contributed by atoms with E-state index in [1.54, 1.807) is 0 Å². The first-order valence-corrected chi connectivity index (χ1v) is 6.23. The Morgan fingerprint density at radius 1 is 1.36 bits per heavy atom. The van der Waals surface area contributed by atoms with Gasteiger partial charge >= 0.3 is 0 Å². The summed E-state index contributed by atoms with van der Waals surface area (Å²) >= 11 is 0. The molecule has 0 aliphatic carbocycles. The summed E-state index contributed by atoms with van der Waals surface area (Å²) in [5.41, 5.74) is 0. The van der Waals surface area contributed by atoms with Crippen LogP contribution in [0.15, 0.2) is 0 Å². The molecule has 2 nitrogen and oxygen atoms in total. The summed E-state index contributed by atoms with van der Waals surface area (Å²) < 4.78 is 0. The molecule has 0 radical (unpaired) electrons. The highest BCUT2D eigenvalue weighted by Crippen LogP contribution is 2.11. The monoisotopic (exact) mass is 198 g/mol. The molecule has 14 heavy (non-hydrogen) atoms. The maximum Gasteiger partial charge on any atom is 0.00675 e. The lowest BCUT2D eigenvalue weighted by molar-refractivity contribution is 0.371. The van der Waals surface area contributed by atoms with Gasteiger partial charge in [-0.15, -0.1) is 0 Å². The van der Waals surface area contributed by atoms with Crippen LogP contribution in [0.1, 0.15) is 46.0 Å². The van der Waals surface area contributed by atoms with E-state index in [9.17, 15) is 0 Å². The fourth-order valence-corrected chi connectivity index (χ4v) is 2.03. The maximum absolute atomic E-state index is 3.59. The molecule has 0 aromatic carbocycles. The number of rotatable bonds is 6. The molecule has 0 aromatic rings. The molecule has 1 rings (SSSR count). The van der Waals surface area contributed by atoms with E-state index in [0.29, 0.717) is 0 Å². The smallest absolute Gasteiger partial charge is 0.00675 e. The Hall–Kier alpha value is -0.0800. The molecule has 1 fully saturated rings. The normalized spacial score (nSPS) is 22.9. The van der Waals surface area contributed by atoms with Gasteiger partial charge in [0, 0.05) is 6.04 Å². The Bertz CT molecular complexity index is 128. The van der Waals surface area contributed by atoms with E-state index in [1.807, 2.05) is 0 Å². The molecule has 2 N–H and O–H groups in total. The third kappa shape index (κ3) is 5.61. The van der Waals surface area contributed by atoms with E-state index < -0.39 is 0 Å². The van der Waals surface area contributed by atoms with Crippen LogP contribution in [0.5, 0.6) is 0 Å². The van der Waals surface area contributed by atoms with Crippen molar-refractivity contribution in [1.82, 2.24) is 10.6 Å². The van der Waals surface area contributed by atoms with Crippen LogP contribution in [-0.4, -0.2) is 25.7 Å². The highest BCUT2D eigenvalue weighted by atomic mass is 14.9. The molecule has 0 bridgehead atoms.